The number of halogens is 1. The van der Waals surface area contributed by atoms with Crippen molar-refractivity contribution in [3.8, 4) is 0 Å². The molecule has 0 aromatic heterocycles. The number of hydrogen-bond acceptors (Lipinski definition) is 3. The summed E-state index contributed by atoms with van der Waals surface area (Å²) in [6, 6.07) is 4.95. The van der Waals surface area contributed by atoms with Gasteiger partial charge in [-0.2, -0.15) is 0 Å². The molecule has 6 N–H and O–H groups in total. The fourth-order valence-corrected chi connectivity index (χ4v) is 1.11. The number of benzene rings is 1. The van der Waals surface area contributed by atoms with Crippen LogP contribution in [-0.4, -0.2) is 5.84 Å². The number of anilines is 1. The second kappa shape index (κ2) is 3.42. The van der Waals surface area contributed by atoms with Crippen LogP contribution in [-0.2, 0) is 0 Å². The zero-order valence-electron chi connectivity index (χ0n) is 6.26. The third-order valence-corrected chi connectivity index (χ3v) is 1.74. The molecule has 0 amide bonds. The first-order valence-electron chi connectivity index (χ1n) is 3.25. The number of nitrogens with two attached hydrogens (primary N) is 2. The van der Waals surface area contributed by atoms with Crippen molar-refractivity contribution in [2.45, 2.75) is 0 Å². The molecule has 0 fully saturated rings. The van der Waals surface area contributed by atoms with Crippen molar-refractivity contribution in [2.24, 2.45) is 11.6 Å². The summed E-state index contributed by atoms with van der Waals surface area (Å²) < 4.78 is 0. The Morgan fingerprint density at radius 1 is 1.50 bits per heavy atom. The summed E-state index contributed by atoms with van der Waals surface area (Å²) in [4.78, 5) is 0. The smallest absolute Gasteiger partial charge is 0.124 e. The minimum Gasteiger partial charge on any atom is -0.384 e. The highest BCUT2D eigenvalue weighted by Crippen LogP contribution is 2.19. The molecule has 12 heavy (non-hydrogen) atoms. The van der Waals surface area contributed by atoms with Gasteiger partial charge in [0, 0.05) is 11.3 Å². The lowest BCUT2D eigenvalue weighted by atomic mass is 10.2. The van der Waals surface area contributed by atoms with Crippen LogP contribution in [0.5, 0.6) is 0 Å². The maximum absolute atomic E-state index is 7.15. The summed E-state index contributed by atoms with van der Waals surface area (Å²) in [5.41, 5.74) is 8.89. The van der Waals surface area contributed by atoms with Crippen LogP contribution in [0.3, 0.4) is 0 Å². The van der Waals surface area contributed by atoms with Gasteiger partial charge in [0.15, 0.2) is 0 Å². The van der Waals surface area contributed by atoms with Gasteiger partial charge in [-0.3, -0.25) is 11.3 Å². The van der Waals surface area contributed by atoms with Crippen LogP contribution in [0.15, 0.2) is 18.2 Å². The number of nitrogen functional groups attached to an aromatic ring is 2. The van der Waals surface area contributed by atoms with E-state index in [-0.39, 0.29) is 5.84 Å². The molecule has 1 aromatic rings. The molecule has 0 aliphatic carbocycles. The van der Waals surface area contributed by atoms with Gasteiger partial charge < -0.3 is 11.2 Å². The van der Waals surface area contributed by atoms with Gasteiger partial charge in [-0.25, -0.2) is 0 Å². The predicted molar refractivity (Wildman–Crippen MR) is 50.3 cm³/mol. The predicted octanol–water partition coefficient (Wildman–Crippen LogP) is 0.910. The van der Waals surface area contributed by atoms with Gasteiger partial charge in [-0.1, -0.05) is 11.6 Å². The SMILES string of the molecule is N=C(N)c1ccc(NN)cc1Cl. The van der Waals surface area contributed by atoms with E-state index in [2.05, 4.69) is 5.43 Å². The van der Waals surface area contributed by atoms with Gasteiger partial charge in [-0.05, 0) is 18.2 Å². The molecule has 0 unspecified atom stereocenters. The van der Waals surface area contributed by atoms with Gasteiger partial charge >= 0.3 is 0 Å². The molecule has 0 heterocycles. The van der Waals surface area contributed by atoms with Gasteiger partial charge in [0.05, 0.1) is 5.02 Å². The van der Waals surface area contributed by atoms with Gasteiger partial charge in [-0.15, -0.1) is 0 Å². The van der Waals surface area contributed by atoms with E-state index in [0.29, 0.717) is 16.3 Å². The molecule has 5 heteroatoms. The van der Waals surface area contributed by atoms with E-state index in [1.165, 1.54) is 0 Å². The molecule has 0 bridgehead atoms. The number of hydrazine groups is 1. The Hall–Kier alpha value is -1.26. The molecule has 64 valence electrons. The maximum atomic E-state index is 7.15. The molecule has 1 aromatic carbocycles. The van der Waals surface area contributed by atoms with E-state index in [9.17, 15) is 0 Å². The van der Waals surface area contributed by atoms with Gasteiger partial charge in [0.25, 0.3) is 0 Å². The van der Waals surface area contributed by atoms with E-state index in [1.54, 1.807) is 18.2 Å². The summed E-state index contributed by atoms with van der Waals surface area (Å²) in [7, 11) is 0. The Morgan fingerprint density at radius 2 is 2.17 bits per heavy atom. The average molecular weight is 185 g/mol. The minimum absolute atomic E-state index is 0.0522. The molecule has 0 aliphatic rings. The molecule has 0 saturated carbocycles. The lowest BCUT2D eigenvalue weighted by Crippen LogP contribution is -2.12. The first-order valence-corrected chi connectivity index (χ1v) is 3.63. The standard InChI is InChI=1S/C7H9ClN4/c8-6-3-4(12-11)1-2-5(6)7(9)10/h1-3,12H,11H2,(H3,9,10). The zero-order chi connectivity index (χ0) is 9.14. The van der Waals surface area contributed by atoms with E-state index in [4.69, 9.17) is 28.6 Å². The van der Waals surface area contributed by atoms with Crippen molar-refractivity contribution in [1.29, 1.82) is 5.41 Å². The van der Waals surface area contributed by atoms with Crippen molar-refractivity contribution in [2.75, 3.05) is 5.43 Å². The van der Waals surface area contributed by atoms with Crippen molar-refractivity contribution in [3.63, 3.8) is 0 Å². The summed E-state index contributed by atoms with van der Waals surface area (Å²) >= 11 is 5.79. The van der Waals surface area contributed by atoms with Crippen LogP contribution in [0.4, 0.5) is 5.69 Å². The van der Waals surface area contributed by atoms with Crippen LogP contribution in [0.25, 0.3) is 0 Å². The number of hydrogen-bond donors (Lipinski definition) is 4. The second-order valence-corrected chi connectivity index (χ2v) is 2.66. The molecule has 0 aliphatic heterocycles. The minimum atomic E-state index is -0.0522. The van der Waals surface area contributed by atoms with Gasteiger partial charge in [0.2, 0.25) is 0 Å². The quantitative estimate of drug-likeness (QED) is 0.239. The maximum Gasteiger partial charge on any atom is 0.124 e. The van der Waals surface area contributed by atoms with E-state index in [1.807, 2.05) is 0 Å². The fourth-order valence-electron chi connectivity index (χ4n) is 0.823. The van der Waals surface area contributed by atoms with Crippen molar-refractivity contribution in [1.82, 2.24) is 0 Å². The topological polar surface area (TPSA) is 87.9 Å². The van der Waals surface area contributed by atoms with Crippen LogP contribution in [0.2, 0.25) is 5.02 Å². The third-order valence-electron chi connectivity index (χ3n) is 1.43. The van der Waals surface area contributed by atoms with Crippen LogP contribution < -0.4 is 17.0 Å². The lowest BCUT2D eigenvalue weighted by Gasteiger charge is -2.04. The Morgan fingerprint density at radius 3 is 2.58 bits per heavy atom. The van der Waals surface area contributed by atoms with Crippen molar-refractivity contribution < 1.29 is 0 Å². The molecule has 0 radical (unpaired) electrons. The average Bonchev–Trinajstić information content (AvgIpc) is 2.03. The van der Waals surface area contributed by atoms with E-state index >= 15 is 0 Å². The molecular weight excluding hydrogens is 176 g/mol. The highest BCUT2D eigenvalue weighted by atomic mass is 35.5. The van der Waals surface area contributed by atoms with Crippen molar-refractivity contribution in [3.05, 3.63) is 28.8 Å². The summed E-state index contributed by atoms with van der Waals surface area (Å²) in [5, 5.41) is 7.56. The van der Waals surface area contributed by atoms with Crippen LogP contribution in [0, 0.1) is 5.41 Å². The lowest BCUT2D eigenvalue weighted by molar-refractivity contribution is 1.34. The van der Waals surface area contributed by atoms with E-state index in [0.717, 1.165) is 0 Å². The summed E-state index contributed by atoms with van der Waals surface area (Å²) in [6.45, 7) is 0. The summed E-state index contributed by atoms with van der Waals surface area (Å²) in [6.07, 6.45) is 0. The Kier molecular flexibility index (Phi) is 2.52. The Labute approximate surface area is 75.0 Å². The molecule has 4 nitrogen and oxygen atoms in total. The Bertz CT molecular complexity index is 310. The normalized spacial score (nSPS) is 9.50. The van der Waals surface area contributed by atoms with Crippen LogP contribution in [0.1, 0.15) is 5.56 Å². The van der Waals surface area contributed by atoms with Gasteiger partial charge in [0.1, 0.15) is 5.84 Å². The third kappa shape index (κ3) is 1.66. The number of rotatable bonds is 2. The number of amidine groups is 1. The first-order chi connectivity index (χ1) is 5.65. The molecule has 0 atom stereocenters. The highest BCUT2D eigenvalue weighted by molar-refractivity contribution is 6.34. The largest absolute Gasteiger partial charge is 0.384 e. The number of nitrogens with one attached hydrogen (secondary N) is 2. The highest BCUT2D eigenvalue weighted by Gasteiger charge is 2.02. The molecule has 0 spiro atoms. The van der Waals surface area contributed by atoms with Crippen molar-refractivity contribution >= 4 is 23.1 Å². The Balaban J connectivity index is 3.12. The molecule has 1 rings (SSSR count). The summed E-state index contributed by atoms with van der Waals surface area (Å²) in [5.74, 6) is 5.10. The molecular formula is C7H9ClN4. The zero-order valence-corrected chi connectivity index (χ0v) is 7.02. The fraction of sp³-hybridized carbons (Fsp3) is 0. The first kappa shape index (κ1) is 8.83. The van der Waals surface area contributed by atoms with Crippen LogP contribution >= 0.6 is 11.6 Å². The second-order valence-electron chi connectivity index (χ2n) is 2.25. The molecule has 0 saturated heterocycles. The monoisotopic (exact) mass is 184 g/mol. The van der Waals surface area contributed by atoms with E-state index < -0.39 is 0 Å².